The van der Waals surface area contributed by atoms with Gasteiger partial charge in [-0.25, -0.2) is 9.59 Å². The molecule has 36 nitrogen and oxygen atoms in total. The van der Waals surface area contributed by atoms with Crippen molar-refractivity contribution in [2.24, 2.45) is 41.1 Å². The number of unbranched alkanes of at least 4 members (excludes halogenated alkanes) is 4. The Morgan fingerprint density at radius 2 is 1.32 bits per heavy atom. The number of methoxy groups -OCH3 is 1. The van der Waals surface area contributed by atoms with Gasteiger partial charge < -0.3 is 92.1 Å². The van der Waals surface area contributed by atoms with Gasteiger partial charge in [-0.1, -0.05) is 113 Å². The summed E-state index contributed by atoms with van der Waals surface area (Å²) in [5, 5.41) is 40.4. The summed E-state index contributed by atoms with van der Waals surface area (Å²) in [5.41, 5.74) is 11.4. The van der Waals surface area contributed by atoms with E-state index in [1.807, 2.05) is 13.8 Å². The van der Waals surface area contributed by atoms with E-state index < -0.39 is 241 Å². The van der Waals surface area contributed by atoms with Crippen LogP contribution in [0, 0.1) is 29.6 Å². The predicted molar refractivity (Wildman–Crippen MR) is 434 cm³/mol. The highest BCUT2D eigenvalue weighted by Crippen LogP contribution is 2.29. The van der Waals surface area contributed by atoms with Crippen LogP contribution in [0.15, 0.2) is 24.3 Å². The lowest BCUT2D eigenvalue weighted by atomic mass is 9.91. The fraction of sp³-hybridized carbons (Fsp3) is 0.723. The van der Waals surface area contributed by atoms with Gasteiger partial charge in [-0.3, -0.25) is 77.2 Å². The first-order valence-electron chi connectivity index (χ1n) is 41.9. The number of likely N-dealkylation sites (N-methyl/N-ethyl adjacent to an activating group) is 3. The molecule has 1 aromatic rings. The zero-order chi connectivity index (χ0) is 89.4. The number of Topliss-reactive ketones (excluding diaryl/α,β-unsaturated/α-hetero) is 1. The zero-order valence-electron chi connectivity index (χ0n) is 72.2. The van der Waals surface area contributed by atoms with Crippen molar-refractivity contribution in [2.75, 3.05) is 41.3 Å². The highest BCUT2D eigenvalue weighted by molar-refractivity contribution is 6.05. The second kappa shape index (κ2) is 49.8. The summed E-state index contributed by atoms with van der Waals surface area (Å²) in [6.07, 6.45) is -5.50. The van der Waals surface area contributed by atoms with Gasteiger partial charge in [0.25, 0.3) is 5.91 Å². The summed E-state index contributed by atoms with van der Waals surface area (Å²) in [6, 6.07) is -7.97. The van der Waals surface area contributed by atoms with Crippen molar-refractivity contribution in [3.63, 3.8) is 0 Å². The number of primary amides is 2. The predicted octanol–water partition coefficient (Wildman–Crippen LogP) is 1.49. The molecule has 3 fully saturated rings. The van der Waals surface area contributed by atoms with Crippen LogP contribution in [-0.2, 0) is 102 Å². The molecule has 36 heteroatoms. The van der Waals surface area contributed by atoms with Crippen molar-refractivity contribution in [1.82, 2.24) is 56.8 Å². The Hall–Kier alpha value is -9.71. The molecule has 3 heterocycles. The van der Waals surface area contributed by atoms with Crippen molar-refractivity contribution in [2.45, 2.75) is 315 Å². The molecular weight excluding hydrogens is 1550 g/mol. The van der Waals surface area contributed by atoms with Gasteiger partial charge >= 0.3 is 17.9 Å². The number of benzene rings is 1. The maximum Gasteiger partial charge on any atom is 0.329 e. The number of hydrogen-bond donors (Lipinski definition) is 11. The number of likely N-dealkylation sites (tertiary alicyclic amines) is 1. The summed E-state index contributed by atoms with van der Waals surface area (Å²) in [6.45, 7) is 19.5. The number of nitrogens with one attached hydrogen (secondary N) is 7. The Morgan fingerprint density at radius 1 is 0.714 bits per heavy atom. The van der Waals surface area contributed by atoms with E-state index in [-0.39, 0.29) is 89.1 Å². The molecule has 119 heavy (non-hydrogen) atoms. The van der Waals surface area contributed by atoms with Crippen LogP contribution in [0.5, 0.6) is 5.75 Å². The molecular formula is C83H133N13O23. The molecule has 0 radical (unpaired) electrons. The molecule has 0 saturated carbocycles. The lowest BCUT2D eigenvalue weighted by Crippen LogP contribution is -2.62. The lowest BCUT2D eigenvalue weighted by Gasteiger charge is -2.36. The van der Waals surface area contributed by atoms with Crippen LogP contribution in [0.2, 0.25) is 0 Å². The topological polar surface area (TPSA) is 517 Å². The van der Waals surface area contributed by atoms with Gasteiger partial charge in [-0.05, 0) is 133 Å². The van der Waals surface area contributed by atoms with Crippen molar-refractivity contribution >= 4 is 100 Å². The molecule has 668 valence electrons. The number of aliphatic hydroxyl groups excluding tert-OH is 2. The molecule has 0 spiro atoms. The molecule has 0 bridgehead atoms. The fourth-order valence-corrected chi connectivity index (χ4v) is 14.7. The molecule has 13 amide bonds. The number of cyclic esters (lactones) is 2. The number of imide groups is 1. The summed E-state index contributed by atoms with van der Waals surface area (Å²) < 4.78 is 23.0. The third kappa shape index (κ3) is 31.8. The summed E-state index contributed by atoms with van der Waals surface area (Å²) in [5.74, 6) is -18.4. The van der Waals surface area contributed by atoms with Gasteiger partial charge in [0.2, 0.25) is 70.9 Å². The molecule has 3 aliphatic rings. The van der Waals surface area contributed by atoms with Crippen molar-refractivity contribution in [3.05, 3.63) is 29.8 Å². The highest BCUT2D eigenvalue weighted by atomic mass is 16.6. The second-order valence-electron chi connectivity index (χ2n) is 32.9. The molecule has 1 aromatic carbocycles. The maximum atomic E-state index is 15.4. The van der Waals surface area contributed by atoms with Gasteiger partial charge in [0.15, 0.2) is 18.0 Å². The van der Waals surface area contributed by atoms with Crippen LogP contribution in [0.3, 0.4) is 0 Å². The van der Waals surface area contributed by atoms with Gasteiger partial charge in [0.05, 0.1) is 50.2 Å². The quantitative estimate of drug-likeness (QED) is 0.0192. The smallest absolute Gasteiger partial charge is 0.329 e. The monoisotopic (exact) mass is 1680 g/mol. The minimum absolute atomic E-state index is 0.0185. The number of ether oxygens (including phenoxy) is 4. The van der Waals surface area contributed by atoms with Crippen LogP contribution in [-0.4, -0.2) is 263 Å². The number of fused-ring (bicyclic) bond motifs is 1. The summed E-state index contributed by atoms with van der Waals surface area (Å²) >= 11 is 0. The summed E-state index contributed by atoms with van der Waals surface area (Å²) in [7, 11) is 5.49. The SMILES string of the molecule is CCCCCCC[C@@H](O)CC(=O)NC(=O)CC[C@H](NC)C(=O)N[C@@H](CCC(N)=O)C(=O)N[C@@H](CCC(N)=O)C(=O)O[C@@H](C)C(=O)N1CCC[C@H]1C(=O)N(C)[C@H](CC(C)C)C(=O)N[C@@H]1C(=O)N[C@H]([C@@H](C)CC)[C@@H](O)CC(=O)O[C@@H](C(C)C)C(=O)[C@H](C)C(=O)N[C@@H](CC(C)C)C(=O)N2CCC[C@H]2C(=O)N(C)[C@@H](Cc2ccc(OC)cc2)C(=O)O[C@@H]1C. The number of rotatable bonds is 39. The zero-order valence-corrected chi connectivity index (χ0v) is 72.2. The van der Waals surface area contributed by atoms with E-state index in [4.69, 9.17) is 30.4 Å². The van der Waals surface area contributed by atoms with Crippen LogP contribution in [0.4, 0.5) is 0 Å². The Labute approximate surface area is 698 Å². The number of carbonyl (C=O) groups excluding carboxylic acids is 17. The first kappa shape index (κ1) is 102. The number of nitrogens with two attached hydrogens (primary N) is 2. The third-order valence-corrected chi connectivity index (χ3v) is 22.0. The number of carbonyl (C=O) groups is 17. The normalized spacial score (nSPS) is 23.1. The van der Waals surface area contributed by atoms with Crippen molar-refractivity contribution < 1.29 is 111 Å². The minimum atomic E-state index is -1.92. The van der Waals surface area contributed by atoms with Gasteiger partial charge in [0.1, 0.15) is 60.2 Å². The first-order chi connectivity index (χ1) is 56.0. The Morgan fingerprint density at radius 3 is 1.91 bits per heavy atom. The lowest BCUT2D eigenvalue weighted by molar-refractivity contribution is -0.163. The first-order valence-corrected chi connectivity index (χ1v) is 41.9. The average Bonchev–Trinajstić information content (AvgIpc) is 1.76. The summed E-state index contributed by atoms with van der Waals surface area (Å²) in [4.78, 5) is 245. The van der Waals surface area contributed by atoms with E-state index in [0.717, 1.165) is 40.4 Å². The Bertz CT molecular complexity index is 3650. The second-order valence-corrected chi connectivity index (χ2v) is 32.9. The van der Waals surface area contributed by atoms with E-state index in [1.165, 1.54) is 53.9 Å². The highest BCUT2D eigenvalue weighted by Gasteiger charge is 2.47. The van der Waals surface area contributed by atoms with Crippen LogP contribution < -0.4 is 53.4 Å². The van der Waals surface area contributed by atoms with Crippen molar-refractivity contribution in [3.8, 4) is 5.75 Å². The fourth-order valence-electron chi connectivity index (χ4n) is 14.7. The molecule has 0 aliphatic carbocycles. The van der Waals surface area contributed by atoms with Crippen molar-refractivity contribution in [1.29, 1.82) is 0 Å². The molecule has 3 aliphatic heterocycles. The van der Waals surface area contributed by atoms with E-state index in [9.17, 15) is 67.7 Å². The van der Waals surface area contributed by atoms with E-state index in [2.05, 4.69) is 44.1 Å². The standard InChI is InChI=1S/C83H133N13O23/c1-17-19-20-21-22-25-53(97)43-67(102)90-66(101)37-34-55(86-13)74(106)87-56(32-35-64(84)99)75(107)88-57(33-36-65(85)100)82(114)118-51(12)78(110)95-38-23-26-59(95)80(112)93(14)61(41-46(5)6)76(108)92-70-50(11)117-83(115)62(42-52-28-30-54(116-16)31-29-52)94(15)81(113)60-27-24-39-96(60)79(111)58(40-45(3)4)89-73(105)49(10)71(104)72(47(7)8)119-68(103)44-63(98)69(48(9)18-2)91-77(70)109/h28-31,45-51,53,55-63,69-70,72,86,97-98H,17-27,32-44H2,1-16H3,(H2,84,99)(H2,85,100)(H,87,106)(H,88,107)(H,89,105)(H,91,109)(H,92,108)(H,90,101,102)/t48-,49-,50+,51-,53+,55-,56-,57-,58-,59-,60-,61+,62-,63-,69+,70-,72-/m0/s1. The molecule has 0 unspecified atom stereocenters. The molecule has 3 saturated heterocycles. The number of amides is 13. The van der Waals surface area contributed by atoms with E-state index >= 15 is 24.0 Å². The third-order valence-electron chi connectivity index (χ3n) is 22.0. The Kier molecular flexibility index (Phi) is 42.5. The van der Waals surface area contributed by atoms with Gasteiger partial charge in [-0.15, -0.1) is 0 Å². The molecule has 17 atom stereocenters. The van der Waals surface area contributed by atoms with Gasteiger partial charge in [-0.2, -0.15) is 0 Å². The van der Waals surface area contributed by atoms with E-state index in [1.54, 1.807) is 65.8 Å². The van der Waals surface area contributed by atoms with E-state index in [0.29, 0.717) is 30.6 Å². The van der Waals surface area contributed by atoms with Crippen LogP contribution in [0.25, 0.3) is 0 Å². The Balaban J connectivity index is 1.71. The number of hydrogen-bond acceptors (Lipinski definition) is 24. The molecule has 4 rings (SSSR count). The molecule has 13 N–H and O–H groups in total. The number of esters is 3. The average molecular weight is 1680 g/mol. The van der Waals surface area contributed by atoms with Crippen LogP contribution in [0.1, 0.15) is 223 Å². The van der Waals surface area contributed by atoms with Gasteiger partial charge in [0, 0.05) is 52.9 Å². The number of aliphatic hydroxyl groups is 2. The number of nitrogens with zero attached hydrogens (tertiary/aromatic N) is 4. The minimum Gasteiger partial charge on any atom is -0.497 e. The molecule has 0 aromatic heterocycles. The number of ketones is 1. The van der Waals surface area contributed by atoms with Crippen LogP contribution >= 0.6 is 0 Å². The maximum absolute atomic E-state index is 15.4. The largest absolute Gasteiger partial charge is 0.497 e.